The molecule has 1 atom stereocenters. The fourth-order valence-electron chi connectivity index (χ4n) is 3.57. The first-order valence-corrected chi connectivity index (χ1v) is 8.93. The maximum absolute atomic E-state index is 12.2. The van der Waals surface area contributed by atoms with E-state index in [1.165, 1.54) is 6.33 Å². The van der Waals surface area contributed by atoms with Gasteiger partial charge in [-0.05, 0) is 22.3 Å². The molecule has 0 saturated heterocycles. The summed E-state index contributed by atoms with van der Waals surface area (Å²) in [6, 6.07) is 15.0. The number of carboxylic acids is 1. The molecule has 7 heteroatoms. The third-order valence-electron chi connectivity index (χ3n) is 4.89. The lowest BCUT2D eigenvalue weighted by atomic mass is 9.98. The number of aliphatic carboxylic acids is 1. The molecule has 0 spiro atoms. The van der Waals surface area contributed by atoms with Crippen LogP contribution in [-0.2, 0) is 16.1 Å². The van der Waals surface area contributed by atoms with Crippen LogP contribution in [0.2, 0.25) is 0 Å². The number of rotatable bonds is 6. The van der Waals surface area contributed by atoms with Crippen LogP contribution >= 0.6 is 0 Å². The number of hydrogen-bond donors (Lipinski definition) is 2. The number of hydrogen-bond acceptors (Lipinski definition) is 4. The number of benzene rings is 2. The highest BCUT2D eigenvalue weighted by Gasteiger charge is 2.29. The maximum Gasteiger partial charge on any atom is 0.407 e. The third kappa shape index (κ3) is 3.46. The summed E-state index contributed by atoms with van der Waals surface area (Å²) in [6.07, 6.45) is 3.92. The van der Waals surface area contributed by atoms with E-state index in [1.807, 2.05) is 36.4 Å². The molecule has 2 aromatic carbocycles. The van der Waals surface area contributed by atoms with E-state index in [2.05, 4.69) is 22.4 Å². The minimum Gasteiger partial charge on any atom is -0.480 e. The summed E-state index contributed by atoms with van der Waals surface area (Å²) in [5, 5.41) is 11.8. The van der Waals surface area contributed by atoms with Crippen molar-refractivity contribution in [2.45, 2.75) is 18.5 Å². The lowest BCUT2D eigenvalue weighted by Crippen LogP contribution is -2.44. The van der Waals surface area contributed by atoms with Crippen LogP contribution in [0.25, 0.3) is 11.1 Å². The molecule has 0 fully saturated rings. The lowest BCUT2D eigenvalue weighted by molar-refractivity contribution is -0.139. The second-order valence-electron chi connectivity index (χ2n) is 6.62. The van der Waals surface area contributed by atoms with Crippen LogP contribution in [0.3, 0.4) is 0 Å². The van der Waals surface area contributed by atoms with Crippen LogP contribution < -0.4 is 5.32 Å². The fourth-order valence-corrected chi connectivity index (χ4v) is 3.57. The Morgan fingerprint density at radius 2 is 1.75 bits per heavy atom. The Balaban J connectivity index is 1.44. The largest absolute Gasteiger partial charge is 0.480 e. The Morgan fingerprint density at radius 1 is 1.11 bits per heavy atom. The zero-order chi connectivity index (χ0) is 19.5. The predicted octanol–water partition coefficient (Wildman–Crippen LogP) is 2.88. The van der Waals surface area contributed by atoms with Gasteiger partial charge in [-0.1, -0.05) is 48.5 Å². The Morgan fingerprint density at radius 3 is 2.32 bits per heavy atom. The van der Waals surface area contributed by atoms with Crippen molar-refractivity contribution in [1.29, 1.82) is 0 Å². The summed E-state index contributed by atoms with van der Waals surface area (Å²) in [7, 11) is 0. The minimum absolute atomic E-state index is 0.0690. The van der Waals surface area contributed by atoms with Gasteiger partial charge >= 0.3 is 12.1 Å². The number of carbonyl (C=O) groups excluding carboxylic acids is 1. The SMILES string of the molecule is O=C(NC(Cn1ccnc1)C(=O)O)OCC1c2ccccc2-c2ccccc21. The number of carbonyl (C=O) groups is 2. The van der Waals surface area contributed by atoms with E-state index in [4.69, 9.17) is 4.74 Å². The van der Waals surface area contributed by atoms with Gasteiger partial charge in [0.1, 0.15) is 12.6 Å². The summed E-state index contributed by atoms with van der Waals surface area (Å²) < 4.78 is 6.99. The molecule has 7 nitrogen and oxygen atoms in total. The molecule has 2 N–H and O–H groups in total. The van der Waals surface area contributed by atoms with Gasteiger partial charge in [-0.25, -0.2) is 14.6 Å². The van der Waals surface area contributed by atoms with Crippen molar-refractivity contribution in [3.05, 3.63) is 78.4 Å². The van der Waals surface area contributed by atoms with Crippen LogP contribution in [0.1, 0.15) is 17.0 Å². The minimum atomic E-state index is -1.14. The smallest absolute Gasteiger partial charge is 0.407 e. The van der Waals surface area contributed by atoms with E-state index in [9.17, 15) is 14.7 Å². The number of carboxylic acid groups (broad SMARTS) is 1. The molecule has 142 valence electrons. The number of aromatic nitrogens is 2. The van der Waals surface area contributed by atoms with Gasteiger partial charge in [-0.3, -0.25) is 0 Å². The molecule has 1 aliphatic carbocycles. The summed E-state index contributed by atoms with van der Waals surface area (Å²) in [4.78, 5) is 27.6. The molecule has 1 unspecified atom stereocenters. The molecule has 3 aromatic rings. The summed E-state index contributed by atoms with van der Waals surface area (Å²) in [5.41, 5.74) is 4.47. The van der Waals surface area contributed by atoms with Crippen molar-refractivity contribution in [1.82, 2.24) is 14.9 Å². The van der Waals surface area contributed by atoms with Gasteiger partial charge in [0.25, 0.3) is 0 Å². The molecular formula is C21H19N3O4. The predicted molar refractivity (Wildman–Crippen MR) is 102 cm³/mol. The number of nitrogens with zero attached hydrogens (tertiary/aromatic N) is 2. The average Bonchev–Trinajstić information content (AvgIpc) is 3.32. The second-order valence-corrected chi connectivity index (χ2v) is 6.62. The van der Waals surface area contributed by atoms with Crippen molar-refractivity contribution < 1.29 is 19.4 Å². The number of imidazole rings is 1. The van der Waals surface area contributed by atoms with E-state index < -0.39 is 18.1 Å². The van der Waals surface area contributed by atoms with Gasteiger partial charge in [-0.15, -0.1) is 0 Å². The van der Waals surface area contributed by atoms with Crippen LogP contribution in [-0.4, -0.2) is 39.4 Å². The highest BCUT2D eigenvalue weighted by molar-refractivity contribution is 5.81. The van der Waals surface area contributed by atoms with Crippen LogP contribution in [0.15, 0.2) is 67.3 Å². The molecule has 1 aromatic heterocycles. The maximum atomic E-state index is 12.2. The van der Waals surface area contributed by atoms with Crippen molar-refractivity contribution in [3.8, 4) is 11.1 Å². The molecule has 0 saturated carbocycles. The molecule has 0 radical (unpaired) electrons. The monoisotopic (exact) mass is 377 g/mol. The van der Waals surface area contributed by atoms with E-state index in [0.29, 0.717) is 0 Å². The zero-order valence-corrected chi connectivity index (χ0v) is 15.0. The number of alkyl carbamates (subject to hydrolysis) is 1. The van der Waals surface area contributed by atoms with Crippen molar-refractivity contribution in [3.63, 3.8) is 0 Å². The highest BCUT2D eigenvalue weighted by atomic mass is 16.5. The van der Waals surface area contributed by atoms with E-state index in [0.717, 1.165) is 22.3 Å². The first-order valence-electron chi connectivity index (χ1n) is 8.93. The van der Waals surface area contributed by atoms with Crippen LogP contribution in [0.5, 0.6) is 0 Å². The van der Waals surface area contributed by atoms with Gasteiger partial charge in [0.05, 0.1) is 12.9 Å². The molecule has 0 aliphatic heterocycles. The first-order chi connectivity index (χ1) is 13.6. The van der Waals surface area contributed by atoms with Crippen molar-refractivity contribution in [2.75, 3.05) is 6.61 Å². The van der Waals surface area contributed by atoms with Crippen LogP contribution in [0.4, 0.5) is 4.79 Å². The molecule has 1 heterocycles. The number of amides is 1. The van der Waals surface area contributed by atoms with E-state index in [-0.39, 0.29) is 19.1 Å². The number of ether oxygens (including phenoxy) is 1. The topological polar surface area (TPSA) is 93.5 Å². The van der Waals surface area contributed by atoms with E-state index >= 15 is 0 Å². The fraction of sp³-hybridized carbons (Fsp3) is 0.190. The number of fused-ring (bicyclic) bond motifs is 3. The lowest BCUT2D eigenvalue weighted by Gasteiger charge is -2.17. The molecular weight excluding hydrogens is 358 g/mol. The van der Waals surface area contributed by atoms with Gasteiger partial charge in [0.2, 0.25) is 0 Å². The highest BCUT2D eigenvalue weighted by Crippen LogP contribution is 2.44. The van der Waals surface area contributed by atoms with Crippen molar-refractivity contribution >= 4 is 12.1 Å². The van der Waals surface area contributed by atoms with Gasteiger partial charge in [-0.2, -0.15) is 0 Å². The summed E-state index contributed by atoms with van der Waals surface area (Å²) >= 11 is 0. The van der Waals surface area contributed by atoms with Crippen molar-refractivity contribution in [2.24, 2.45) is 0 Å². The second kappa shape index (κ2) is 7.56. The molecule has 28 heavy (non-hydrogen) atoms. The Labute approximate surface area is 161 Å². The molecule has 0 bridgehead atoms. The molecule has 1 aliphatic rings. The standard InChI is InChI=1S/C21H19N3O4/c25-20(26)19(11-24-10-9-22-13-24)23-21(27)28-12-18-16-7-3-1-5-14(16)15-6-2-4-8-17(15)18/h1-10,13,18-19H,11-12H2,(H,23,27)(H,25,26). The van der Waals surface area contributed by atoms with Crippen LogP contribution in [0, 0.1) is 0 Å². The molecule has 4 rings (SSSR count). The summed E-state index contributed by atoms with van der Waals surface area (Å²) in [5.74, 6) is -1.21. The average molecular weight is 377 g/mol. The Kier molecular flexibility index (Phi) is 4.80. The quantitative estimate of drug-likeness (QED) is 0.689. The van der Waals surface area contributed by atoms with Gasteiger partial charge < -0.3 is 19.7 Å². The Bertz CT molecular complexity index is 955. The summed E-state index contributed by atoms with van der Waals surface area (Å²) in [6.45, 7) is 0.205. The third-order valence-corrected chi connectivity index (χ3v) is 4.89. The molecule has 1 amide bonds. The van der Waals surface area contributed by atoms with Gasteiger partial charge in [0.15, 0.2) is 0 Å². The van der Waals surface area contributed by atoms with E-state index in [1.54, 1.807) is 17.0 Å². The number of nitrogens with one attached hydrogen (secondary N) is 1. The van der Waals surface area contributed by atoms with Gasteiger partial charge in [0, 0.05) is 18.3 Å². The first kappa shape index (κ1) is 17.8. The normalized spacial score (nSPS) is 13.4. The zero-order valence-electron chi connectivity index (χ0n) is 15.0. The Hall–Kier alpha value is -3.61.